The number of carboxylic acid groups (broad SMARTS) is 1. The lowest BCUT2D eigenvalue weighted by molar-refractivity contribution is -0.139. The molecular formula is C21H27NO5. The Bertz CT molecular complexity index is 729. The largest absolute Gasteiger partial charge is 0.490 e. The third-order valence-electron chi connectivity index (χ3n) is 5.35. The van der Waals surface area contributed by atoms with Gasteiger partial charge in [0.2, 0.25) is 0 Å². The Morgan fingerprint density at radius 3 is 2.74 bits per heavy atom. The standard InChI is InChI=1S/C21H27NO5/c1-2-26-18-13-16(7-8-17(18)27-14-19(23)24)20(25)22-12-6-11-21(15-22)9-4-3-5-10-21/h3-4,7-8,13H,2,5-6,9-12,14-15H2,1H3,(H,23,24). The van der Waals surface area contributed by atoms with Crippen LogP contribution in [-0.4, -0.2) is 48.2 Å². The number of hydrogen-bond acceptors (Lipinski definition) is 4. The molecule has 1 N–H and O–H groups in total. The van der Waals surface area contributed by atoms with Gasteiger partial charge in [0.15, 0.2) is 18.1 Å². The minimum absolute atomic E-state index is 0.00522. The molecule has 0 aromatic heterocycles. The van der Waals surface area contributed by atoms with Crippen LogP contribution in [0.5, 0.6) is 11.5 Å². The third kappa shape index (κ3) is 4.62. The van der Waals surface area contributed by atoms with Gasteiger partial charge in [0, 0.05) is 18.7 Å². The van der Waals surface area contributed by atoms with E-state index in [1.165, 1.54) is 6.42 Å². The van der Waals surface area contributed by atoms with Crippen molar-refractivity contribution in [2.24, 2.45) is 5.41 Å². The van der Waals surface area contributed by atoms with Crippen LogP contribution in [0, 0.1) is 5.41 Å². The van der Waals surface area contributed by atoms with Gasteiger partial charge in [0.25, 0.3) is 5.91 Å². The molecule has 1 aliphatic heterocycles. The average Bonchev–Trinajstić information content (AvgIpc) is 2.67. The number of nitrogens with zero attached hydrogens (tertiary/aromatic N) is 1. The fraction of sp³-hybridized carbons (Fsp3) is 0.524. The van der Waals surface area contributed by atoms with E-state index in [0.29, 0.717) is 23.7 Å². The number of ether oxygens (including phenoxy) is 2. The van der Waals surface area contributed by atoms with Gasteiger partial charge in [-0.05, 0) is 62.6 Å². The second kappa shape index (κ2) is 8.46. The highest BCUT2D eigenvalue weighted by Crippen LogP contribution is 2.41. The molecule has 6 heteroatoms. The van der Waals surface area contributed by atoms with Crippen LogP contribution in [-0.2, 0) is 4.79 Å². The van der Waals surface area contributed by atoms with E-state index < -0.39 is 12.6 Å². The van der Waals surface area contributed by atoms with Crippen LogP contribution < -0.4 is 9.47 Å². The first-order valence-corrected chi connectivity index (χ1v) is 9.59. The summed E-state index contributed by atoms with van der Waals surface area (Å²) in [4.78, 5) is 25.8. The van der Waals surface area contributed by atoms with Gasteiger partial charge >= 0.3 is 5.97 Å². The summed E-state index contributed by atoms with van der Waals surface area (Å²) in [6.45, 7) is 3.35. The van der Waals surface area contributed by atoms with E-state index in [-0.39, 0.29) is 11.3 Å². The normalized spacial score (nSPS) is 21.9. The second-order valence-electron chi connectivity index (χ2n) is 7.32. The van der Waals surface area contributed by atoms with Crippen molar-refractivity contribution in [3.8, 4) is 11.5 Å². The van der Waals surface area contributed by atoms with Crippen molar-refractivity contribution in [1.82, 2.24) is 4.90 Å². The van der Waals surface area contributed by atoms with Crippen LogP contribution in [0.1, 0.15) is 49.4 Å². The van der Waals surface area contributed by atoms with Crippen LogP contribution in [0.2, 0.25) is 0 Å². The summed E-state index contributed by atoms with van der Waals surface area (Å²) in [5.74, 6) is -0.327. The highest BCUT2D eigenvalue weighted by molar-refractivity contribution is 5.95. The Kier molecular flexibility index (Phi) is 6.04. The second-order valence-corrected chi connectivity index (χ2v) is 7.32. The molecule has 146 valence electrons. The Morgan fingerprint density at radius 2 is 2.04 bits per heavy atom. The van der Waals surface area contributed by atoms with Gasteiger partial charge < -0.3 is 19.5 Å². The van der Waals surface area contributed by atoms with Crippen molar-refractivity contribution in [3.05, 3.63) is 35.9 Å². The number of piperidine rings is 1. The monoisotopic (exact) mass is 373 g/mol. The summed E-state index contributed by atoms with van der Waals surface area (Å²) < 4.78 is 10.8. The van der Waals surface area contributed by atoms with Crippen molar-refractivity contribution in [1.29, 1.82) is 0 Å². The molecule has 2 aliphatic rings. The Balaban J connectivity index is 1.76. The smallest absolute Gasteiger partial charge is 0.341 e. The number of rotatable bonds is 6. The number of carbonyl (C=O) groups is 2. The molecule has 1 fully saturated rings. The highest BCUT2D eigenvalue weighted by atomic mass is 16.5. The average molecular weight is 373 g/mol. The van der Waals surface area contributed by atoms with E-state index in [4.69, 9.17) is 14.6 Å². The van der Waals surface area contributed by atoms with Gasteiger partial charge in [0.1, 0.15) is 0 Å². The fourth-order valence-corrected chi connectivity index (χ4v) is 4.05. The SMILES string of the molecule is CCOc1cc(C(=O)N2CCCC3(CC=CCC3)C2)ccc1OCC(=O)O. The molecule has 27 heavy (non-hydrogen) atoms. The number of aliphatic carboxylic acids is 1. The predicted octanol–water partition coefficient (Wildman–Crippen LogP) is 3.51. The minimum Gasteiger partial charge on any atom is -0.490 e. The Labute approximate surface area is 159 Å². The van der Waals surface area contributed by atoms with Gasteiger partial charge in [-0.15, -0.1) is 0 Å². The maximum atomic E-state index is 13.1. The molecule has 1 heterocycles. The first kappa shape index (κ1) is 19.3. The van der Waals surface area contributed by atoms with Gasteiger partial charge in [-0.3, -0.25) is 4.79 Å². The predicted molar refractivity (Wildman–Crippen MR) is 101 cm³/mol. The quantitative estimate of drug-likeness (QED) is 0.772. The molecule has 1 aromatic carbocycles. The van der Waals surface area contributed by atoms with Crippen LogP contribution in [0.25, 0.3) is 0 Å². The molecule has 1 saturated heterocycles. The Hall–Kier alpha value is -2.50. The zero-order valence-corrected chi connectivity index (χ0v) is 15.8. The van der Waals surface area contributed by atoms with Crippen LogP contribution in [0.4, 0.5) is 0 Å². The fourth-order valence-electron chi connectivity index (χ4n) is 4.05. The molecule has 0 radical (unpaired) electrons. The van der Waals surface area contributed by atoms with E-state index in [1.807, 2.05) is 11.8 Å². The van der Waals surface area contributed by atoms with Crippen molar-refractivity contribution in [3.63, 3.8) is 0 Å². The van der Waals surface area contributed by atoms with Crippen molar-refractivity contribution in [2.75, 3.05) is 26.3 Å². The number of benzene rings is 1. The summed E-state index contributed by atoms with van der Waals surface area (Å²) in [6.07, 6.45) is 9.95. The van der Waals surface area contributed by atoms with Crippen LogP contribution in [0.15, 0.2) is 30.4 Å². The lowest BCUT2D eigenvalue weighted by atomic mass is 9.71. The van der Waals surface area contributed by atoms with E-state index in [2.05, 4.69) is 12.2 Å². The van der Waals surface area contributed by atoms with Crippen molar-refractivity contribution < 1.29 is 24.2 Å². The van der Waals surface area contributed by atoms with Gasteiger partial charge in [-0.25, -0.2) is 4.79 Å². The molecule has 1 atom stereocenters. The summed E-state index contributed by atoms with van der Waals surface area (Å²) >= 11 is 0. The van der Waals surface area contributed by atoms with Crippen LogP contribution >= 0.6 is 0 Å². The zero-order valence-electron chi connectivity index (χ0n) is 15.8. The summed E-state index contributed by atoms with van der Waals surface area (Å²) in [5.41, 5.74) is 0.764. The number of amides is 1. The zero-order chi connectivity index (χ0) is 19.3. The molecular weight excluding hydrogens is 346 g/mol. The first-order chi connectivity index (χ1) is 13.0. The number of hydrogen-bond donors (Lipinski definition) is 1. The van der Waals surface area contributed by atoms with E-state index in [0.717, 1.165) is 38.8 Å². The molecule has 1 aromatic rings. The number of likely N-dealkylation sites (tertiary alicyclic amines) is 1. The van der Waals surface area contributed by atoms with Crippen LogP contribution in [0.3, 0.4) is 0 Å². The highest BCUT2D eigenvalue weighted by Gasteiger charge is 2.37. The number of carbonyl (C=O) groups excluding carboxylic acids is 1. The van der Waals surface area contributed by atoms with Crippen molar-refractivity contribution in [2.45, 2.75) is 39.0 Å². The molecule has 1 aliphatic carbocycles. The summed E-state index contributed by atoms with van der Waals surface area (Å²) in [7, 11) is 0. The summed E-state index contributed by atoms with van der Waals surface area (Å²) in [6, 6.07) is 4.96. The third-order valence-corrected chi connectivity index (χ3v) is 5.35. The van der Waals surface area contributed by atoms with Gasteiger partial charge in [-0.2, -0.15) is 0 Å². The number of allylic oxidation sites excluding steroid dienone is 2. The molecule has 1 unspecified atom stereocenters. The van der Waals surface area contributed by atoms with Crippen molar-refractivity contribution >= 4 is 11.9 Å². The van der Waals surface area contributed by atoms with Gasteiger partial charge in [-0.1, -0.05) is 12.2 Å². The first-order valence-electron chi connectivity index (χ1n) is 9.59. The maximum Gasteiger partial charge on any atom is 0.341 e. The molecule has 6 nitrogen and oxygen atoms in total. The topological polar surface area (TPSA) is 76.1 Å². The molecule has 0 bridgehead atoms. The lowest BCUT2D eigenvalue weighted by Crippen LogP contribution is -2.46. The molecule has 1 amide bonds. The maximum absolute atomic E-state index is 13.1. The van der Waals surface area contributed by atoms with E-state index >= 15 is 0 Å². The summed E-state index contributed by atoms with van der Waals surface area (Å²) in [5, 5.41) is 8.80. The lowest BCUT2D eigenvalue weighted by Gasteiger charge is -2.44. The molecule has 0 saturated carbocycles. The van der Waals surface area contributed by atoms with E-state index in [1.54, 1.807) is 18.2 Å². The van der Waals surface area contributed by atoms with Gasteiger partial charge in [0.05, 0.1) is 6.61 Å². The van der Waals surface area contributed by atoms with E-state index in [9.17, 15) is 9.59 Å². The molecule has 3 rings (SSSR count). The minimum atomic E-state index is -1.06. The Morgan fingerprint density at radius 1 is 1.19 bits per heavy atom. The number of carboxylic acids is 1. The molecule has 1 spiro atoms.